The van der Waals surface area contributed by atoms with Crippen LogP contribution in [0.1, 0.15) is 32.6 Å². The number of carbonyl (C=O) groups excluding carboxylic acids is 1. The first-order valence-electron chi connectivity index (χ1n) is 8.09. The van der Waals surface area contributed by atoms with Gasteiger partial charge >= 0.3 is 6.03 Å². The largest absolute Gasteiger partial charge is 0.378 e. The van der Waals surface area contributed by atoms with Crippen LogP contribution in [-0.2, 0) is 0 Å². The van der Waals surface area contributed by atoms with Gasteiger partial charge in [0.1, 0.15) is 5.69 Å². The Labute approximate surface area is 136 Å². The van der Waals surface area contributed by atoms with E-state index in [2.05, 4.69) is 22.9 Å². The van der Waals surface area contributed by atoms with Crippen molar-refractivity contribution in [3.63, 3.8) is 0 Å². The zero-order chi connectivity index (χ0) is 16.7. The highest BCUT2D eigenvalue weighted by Crippen LogP contribution is 2.24. The van der Waals surface area contributed by atoms with Crippen molar-refractivity contribution in [2.24, 2.45) is 5.92 Å². The van der Waals surface area contributed by atoms with E-state index >= 15 is 0 Å². The Hall–Kier alpha value is -2.31. The number of nitro benzene ring substituents is 1. The maximum absolute atomic E-state index is 11.9. The lowest BCUT2D eigenvalue weighted by Gasteiger charge is -2.29. The van der Waals surface area contributed by atoms with E-state index in [4.69, 9.17) is 0 Å². The summed E-state index contributed by atoms with van der Waals surface area (Å²) in [5, 5.41) is 19.7. The standard InChI is InChI=1S/C16H24N4O3/c1-12-6-2-3-7-13(12)19-16(21)18-11-10-17-14-8-4-5-9-15(14)20(22)23/h4-5,8-9,12-13,17H,2-3,6-7,10-11H2,1H3,(H2,18,19,21)/t12-,13+/m0/s1. The lowest BCUT2D eigenvalue weighted by molar-refractivity contribution is -0.384. The van der Waals surface area contributed by atoms with Gasteiger partial charge in [0.05, 0.1) is 4.92 Å². The normalized spacial score (nSPS) is 20.6. The molecule has 126 valence electrons. The fraction of sp³-hybridized carbons (Fsp3) is 0.562. The molecule has 2 atom stereocenters. The van der Waals surface area contributed by atoms with Gasteiger partial charge in [-0.2, -0.15) is 0 Å². The van der Waals surface area contributed by atoms with Crippen LogP contribution < -0.4 is 16.0 Å². The molecule has 1 saturated carbocycles. The van der Waals surface area contributed by atoms with Gasteiger partial charge in [-0.25, -0.2) is 4.79 Å². The second kappa shape index (κ2) is 8.36. The summed E-state index contributed by atoms with van der Waals surface area (Å²) in [4.78, 5) is 22.4. The van der Waals surface area contributed by atoms with Crippen molar-refractivity contribution < 1.29 is 9.72 Å². The topological polar surface area (TPSA) is 96.3 Å². The Morgan fingerprint density at radius 2 is 2.00 bits per heavy atom. The lowest BCUT2D eigenvalue weighted by Crippen LogP contribution is -2.47. The number of nitrogens with one attached hydrogen (secondary N) is 3. The molecule has 1 aliphatic carbocycles. The number of hydrogen-bond donors (Lipinski definition) is 3. The minimum absolute atomic E-state index is 0.0352. The van der Waals surface area contributed by atoms with Gasteiger partial charge in [0.25, 0.3) is 5.69 Å². The molecule has 2 rings (SSSR count). The molecule has 7 nitrogen and oxygen atoms in total. The summed E-state index contributed by atoms with van der Waals surface area (Å²) in [6, 6.07) is 6.54. The molecule has 1 aliphatic rings. The van der Waals surface area contributed by atoms with Crippen LogP contribution in [0.3, 0.4) is 0 Å². The molecule has 3 N–H and O–H groups in total. The van der Waals surface area contributed by atoms with Gasteiger partial charge < -0.3 is 16.0 Å². The molecule has 0 spiro atoms. The third-order valence-corrected chi connectivity index (χ3v) is 4.25. The molecule has 0 radical (unpaired) electrons. The van der Waals surface area contributed by atoms with Crippen molar-refractivity contribution in [2.45, 2.75) is 38.6 Å². The highest BCUT2D eigenvalue weighted by atomic mass is 16.6. The second-order valence-corrected chi connectivity index (χ2v) is 5.97. The summed E-state index contributed by atoms with van der Waals surface area (Å²) in [6.45, 7) is 3.00. The molecule has 2 amide bonds. The third-order valence-electron chi connectivity index (χ3n) is 4.25. The zero-order valence-corrected chi connectivity index (χ0v) is 13.4. The number of anilines is 1. The minimum atomic E-state index is -0.424. The number of urea groups is 1. The van der Waals surface area contributed by atoms with Crippen LogP contribution in [0.15, 0.2) is 24.3 Å². The molecule has 0 aliphatic heterocycles. The van der Waals surface area contributed by atoms with E-state index in [0.29, 0.717) is 24.7 Å². The molecule has 0 aromatic heterocycles. The molecular formula is C16H24N4O3. The Bertz CT molecular complexity index is 550. The van der Waals surface area contributed by atoms with E-state index in [1.165, 1.54) is 12.5 Å². The van der Waals surface area contributed by atoms with E-state index in [1.54, 1.807) is 18.2 Å². The quantitative estimate of drug-likeness (QED) is 0.426. The summed E-state index contributed by atoms with van der Waals surface area (Å²) < 4.78 is 0. The SMILES string of the molecule is C[C@H]1CCCC[C@H]1NC(=O)NCCNc1ccccc1[N+](=O)[O-]. The van der Waals surface area contributed by atoms with Gasteiger partial charge in [0.15, 0.2) is 0 Å². The lowest BCUT2D eigenvalue weighted by atomic mass is 9.86. The molecule has 23 heavy (non-hydrogen) atoms. The van der Waals surface area contributed by atoms with E-state index < -0.39 is 4.92 Å². The maximum Gasteiger partial charge on any atom is 0.315 e. The summed E-state index contributed by atoms with van der Waals surface area (Å²) in [7, 11) is 0. The van der Waals surface area contributed by atoms with Crippen molar-refractivity contribution in [3.8, 4) is 0 Å². The van der Waals surface area contributed by atoms with Gasteiger partial charge in [-0.3, -0.25) is 10.1 Å². The molecule has 1 fully saturated rings. The van der Waals surface area contributed by atoms with Crippen LogP contribution in [0.25, 0.3) is 0 Å². The van der Waals surface area contributed by atoms with Gasteiger partial charge in [0, 0.05) is 25.2 Å². The number of nitro groups is 1. The molecule has 7 heteroatoms. The number of benzene rings is 1. The number of amides is 2. The van der Waals surface area contributed by atoms with Crippen LogP contribution in [0, 0.1) is 16.0 Å². The van der Waals surface area contributed by atoms with Crippen molar-refractivity contribution in [1.82, 2.24) is 10.6 Å². The van der Waals surface area contributed by atoms with Crippen LogP contribution in [-0.4, -0.2) is 30.1 Å². The Balaban J connectivity index is 1.71. The third kappa shape index (κ3) is 5.12. The number of rotatable bonds is 6. The Kier molecular flexibility index (Phi) is 6.19. The monoisotopic (exact) mass is 320 g/mol. The number of carbonyl (C=O) groups is 1. The maximum atomic E-state index is 11.9. The fourth-order valence-electron chi connectivity index (χ4n) is 2.91. The molecule has 0 unspecified atom stereocenters. The average molecular weight is 320 g/mol. The number of para-hydroxylation sites is 2. The number of hydrogen-bond acceptors (Lipinski definition) is 4. The van der Waals surface area contributed by atoms with Crippen molar-refractivity contribution in [1.29, 1.82) is 0 Å². The van der Waals surface area contributed by atoms with Crippen LogP contribution in [0.5, 0.6) is 0 Å². The van der Waals surface area contributed by atoms with Crippen LogP contribution >= 0.6 is 0 Å². The van der Waals surface area contributed by atoms with Crippen LogP contribution in [0.2, 0.25) is 0 Å². The van der Waals surface area contributed by atoms with Gasteiger partial charge in [-0.15, -0.1) is 0 Å². The van der Waals surface area contributed by atoms with Crippen molar-refractivity contribution >= 4 is 17.4 Å². The minimum Gasteiger partial charge on any atom is -0.378 e. The predicted molar refractivity (Wildman–Crippen MR) is 89.5 cm³/mol. The molecule has 0 heterocycles. The molecular weight excluding hydrogens is 296 g/mol. The first-order valence-corrected chi connectivity index (χ1v) is 8.09. The summed E-state index contributed by atoms with van der Waals surface area (Å²) in [5.41, 5.74) is 0.494. The molecule has 1 aromatic carbocycles. The summed E-state index contributed by atoms with van der Waals surface area (Å²) in [5.74, 6) is 0.514. The van der Waals surface area contributed by atoms with Crippen molar-refractivity contribution in [3.05, 3.63) is 34.4 Å². The highest BCUT2D eigenvalue weighted by Gasteiger charge is 2.22. The first-order chi connectivity index (χ1) is 11.1. The van der Waals surface area contributed by atoms with E-state index in [1.807, 2.05) is 0 Å². The highest BCUT2D eigenvalue weighted by molar-refractivity contribution is 5.74. The second-order valence-electron chi connectivity index (χ2n) is 5.97. The van der Waals surface area contributed by atoms with Crippen molar-refractivity contribution in [2.75, 3.05) is 18.4 Å². The Morgan fingerprint density at radius 3 is 2.74 bits per heavy atom. The van der Waals surface area contributed by atoms with E-state index in [0.717, 1.165) is 19.3 Å². The first kappa shape index (κ1) is 17.1. The summed E-state index contributed by atoms with van der Waals surface area (Å²) >= 11 is 0. The Morgan fingerprint density at radius 1 is 1.26 bits per heavy atom. The van der Waals surface area contributed by atoms with E-state index in [9.17, 15) is 14.9 Å². The average Bonchev–Trinajstić information content (AvgIpc) is 2.54. The molecule has 0 saturated heterocycles. The zero-order valence-electron chi connectivity index (χ0n) is 13.4. The van der Waals surface area contributed by atoms with Gasteiger partial charge in [-0.1, -0.05) is 31.9 Å². The van der Waals surface area contributed by atoms with E-state index in [-0.39, 0.29) is 17.8 Å². The van der Waals surface area contributed by atoms with Gasteiger partial charge in [0.2, 0.25) is 0 Å². The molecule has 0 bridgehead atoms. The fourth-order valence-corrected chi connectivity index (χ4v) is 2.91. The summed E-state index contributed by atoms with van der Waals surface area (Å²) in [6.07, 6.45) is 4.59. The van der Waals surface area contributed by atoms with Crippen LogP contribution in [0.4, 0.5) is 16.2 Å². The smallest absolute Gasteiger partial charge is 0.315 e. The number of nitrogens with zero attached hydrogens (tertiary/aromatic N) is 1. The van der Waals surface area contributed by atoms with Gasteiger partial charge in [-0.05, 0) is 24.8 Å². The molecule has 1 aromatic rings. The predicted octanol–water partition coefficient (Wildman–Crippen LogP) is 2.88.